The fourth-order valence-electron chi connectivity index (χ4n) is 1.61. The Morgan fingerprint density at radius 3 is 2.67 bits per heavy atom. The van der Waals surface area contributed by atoms with Gasteiger partial charge in [0.05, 0.1) is 10.5 Å². The molecule has 4 heteroatoms. The molecule has 0 aromatic heterocycles. The highest BCUT2D eigenvalue weighted by atomic mass is 16.6. The van der Waals surface area contributed by atoms with Crippen LogP contribution < -0.4 is 5.32 Å². The summed E-state index contributed by atoms with van der Waals surface area (Å²) in [5.41, 5.74) is 2.00. The van der Waals surface area contributed by atoms with E-state index in [0.29, 0.717) is 11.6 Å². The number of rotatable bonds is 6. The molecule has 0 aliphatic rings. The van der Waals surface area contributed by atoms with Crippen molar-refractivity contribution >= 4 is 11.8 Å². The molecule has 1 aromatic carbocycles. The zero-order valence-corrected chi connectivity index (χ0v) is 11.1. The average molecular weight is 248 g/mol. The monoisotopic (exact) mass is 248 g/mol. The third kappa shape index (κ3) is 4.30. The zero-order chi connectivity index (χ0) is 13.5. The first-order chi connectivity index (χ1) is 8.54. The summed E-state index contributed by atoms with van der Waals surface area (Å²) < 4.78 is 0. The molecule has 0 aliphatic heterocycles. The normalized spacial score (nSPS) is 11.9. The lowest BCUT2D eigenvalue weighted by molar-refractivity contribution is -0.385. The molecule has 98 valence electrons. The van der Waals surface area contributed by atoms with Crippen molar-refractivity contribution in [3.8, 4) is 0 Å². The Balaban J connectivity index is 2.94. The fraction of sp³-hybridized carbons (Fsp3) is 0.429. The van der Waals surface area contributed by atoms with E-state index in [1.165, 1.54) is 6.07 Å². The summed E-state index contributed by atoms with van der Waals surface area (Å²) in [6.45, 7) is 6.99. The minimum atomic E-state index is -0.338. The maximum absolute atomic E-state index is 10.9. The lowest BCUT2D eigenvalue weighted by Gasteiger charge is -2.10. The van der Waals surface area contributed by atoms with E-state index in [1.54, 1.807) is 12.1 Å². The number of benzene rings is 1. The van der Waals surface area contributed by atoms with Gasteiger partial charge in [0.25, 0.3) is 5.69 Å². The number of para-hydroxylation sites is 1. The van der Waals surface area contributed by atoms with Crippen LogP contribution in [0.15, 0.2) is 29.8 Å². The van der Waals surface area contributed by atoms with Crippen LogP contribution in [0.4, 0.5) is 5.69 Å². The van der Waals surface area contributed by atoms with Crippen LogP contribution in [0.1, 0.15) is 32.8 Å². The van der Waals surface area contributed by atoms with Crippen molar-refractivity contribution in [2.75, 3.05) is 6.54 Å². The van der Waals surface area contributed by atoms with Gasteiger partial charge in [-0.25, -0.2) is 0 Å². The van der Waals surface area contributed by atoms with Crippen molar-refractivity contribution in [3.05, 3.63) is 45.5 Å². The largest absolute Gasteiger partial charge is 0.311 e. The van der Waals surface area contributed by atoms with Gasteiger partial charge in [-0.3, -0.25) is 10.1 Å². The standard InChI is InChI=1S/C14H20N2O2/c1-4-12(10-15-11(2)3)9-13-7-5-6-8-14(13)16(17)18/h5-9,11,15H,4,10H2,1-3H3. The quantitative estimate of drug-likeness (QED) is 0.620. The predicted octanol–water partition coefficient (Wildman–Crippen LogP) is 3.39. The smallest absolute Gasteiger partial charge is 0.276 e. The summed E-state index contributed by atoms with van der Waals surface area (Å²) in [4.78, 5) is 10.6. The first kappa shape index (κ1) is 14.4. The summed E-state index contributed by atoms with van der Waals surface area (Å²) in [5.74, 6) is 0. The van der Waals surface area contributed by atoms with E-state index in [2.05, 4.69) is 26.1 Å². The summed E-state index contributed by atoms with van der Waals surface area (Å²) in [6, 6.07) is 7.24. The van der Waals surface area contributed by atoms with Gasteiger partial charge in [0.1, 0.15) is 0 Å². The highest BCUT2D eigenvalue weighted by Crippen LogP contribution is 2.21. The SMILES string of the molecule is CCC(=Cc1ccccc1[N+](=O)[O-])CNC(C)C. The Morgan fingerprint density at radius 2 is 2.11 bits per heavy atom. The van der Waals surface area contributed by atoms with E-state index in [1.807, 2.05) is 12.1 Å². The van der Waals surface area contributed by atoms with Crippen LogP contribution in [0.2, 0.25) is 0 Å². The maximum Gasteiger partial charge on any atom is 0.276 e. The van der Waals surface area contributed by atoms with E-state index < -0.39 is 0 Å². The van der Waals surface area contributed by atoms with Crippen molar-refractivity contribution in [2.24, 2.45) is 0 Å². The molecule has 0 radical (unpaired) electrons. The zero-order valence-electron chi connectivity index (χ0n) is 11.1. The first-order valence-corrected chi connectivity index (χ1v) is 6.20. The Morgan fingerprint density at radius 1 is 1.44 bits per heavy atom. The topological polar surface area (TPSA) is 55.2 Å². The van der Waals surface area contributed by atoms with Crippen LogP contribution in [0.3, 0.4) is 0 Å². The molecule has 1 aromatic rings. The second-order valence-electron chi connectivity index (χ2n) is 4.51. The lowest BCUT2D eigenvalue weighted by atomic mass is 10.1. The van der Waals surface area contributed by atoms with Gasteiger partial charge >= 0.3 is 0 Å². The number of nitrogens with zero attached hydrogens (tertiary/aromatic N) is 1. The molecule has 0 heterocycles. The molecule has 0 fully saturated rings. The van der Waals surface area contributed by atoms with Crippen molar-refractivity contribution in [2.45, 2.75) is 33.2 Å². The summed E-state index contributed by atoms with van der Waals surface area (Å²) in [7, 11) is 0. The summed E-state index contributed by atoms with van der Waals surface area (Å²) in [6.07, 6.45) is 2.79. The highest BCUT2D eigenvalue weighted by Gasteiger charge is 2.10. The first-order valence-electron chi connectivity index (χ1n) is 6.20. The summed E-state index contributed by atoms with van der Waals surface area (Å²) >= 11 is 0. The van der Waals surface area contributed by atoms with E-state index >= 15 is 0 Å². The van der Waals surface area contributed by atoms with Gasteiger partial charge in [-0.2, -0.15) is 0 Å². The third-order valence-electron chi connectivity index (χ3n) is 2.68. The van der Waals surface area contributed by atoms with Gasteiger partial charge in [0, 0.05) is 18.7 Å². The van der Waals surface area contributed by atoms with Crippen LogP contribution in [0.25, 0.3) is 6.08 Å². The van der Waals surface area contributed by atoms with Crippen molar-refractivity contribution in [1.82, 2.24) is 5.32 Å². The Labute approximate surface area is 108 Å². The Hall–Kier alpha value is -1.68. The minimum absolute atomic E-state index is 0.160. The lowest BCUT2D eigenvalue weighted by Crippen LogP contribution is -2.24. The molecule has 18 heavy (non-hydrogen) atoms. The number of nitro benzene ring substituents is 1. The van der Waals surface area contributed by atoms with Gasteiger partial charge in [-0.1, -0.05) is 38.5 Å². The molecular weight excluding hydrogens is 228 g/mol. The number of nitrogens with one attached hydrogen (secondary N) is 1. The maximum atomic E-state index is 10.9. The molecular formula is C14H20N2O2. The predicted molar refractivity (Wildman–Crippen MR) is 74.5 cm³/mol. The van der Waals surface area contributed by atoms with Crippen LogP contribution in [-0.2, 0) is 0 Å². The minimum Gasteiger partial charge on any atom is -0.311 e. The van der Waals surface area contributed by atoms with E-state index in [-0.39, 0.29) is 10.6 Å². The summed E-state index contributed by atoms with van der Waals surface area (Å²) in [5, 5.41) is 14.2. The molecule has 0 aliphatic carbocycles. The molecule has 4 nitrogen and oxygen atoms in total. The van der Waals surface area contributed by atoms with Crippen LogP contribution in [0.5, 0.6) is 0 Å². The fourth-order valence-corrected chi connectivity index (χ4v) is 1.61. The van der Waals surface area contributed by atoms with Crippen LogP contribution in [0, 0.1) is 10.1 Å². The van der Waals surface area contributed by atoms with E-state index in [0.717, 1.165) is 18.5 Å². The molecule has 1 N–H and O–H groups in total. The second-order valence-corrected chi connectivity index (χ2v) is 4.51. The van der Waals surface area contributed by atoms with Crippen molar-refractivity contribution in [1.29, 1.82) is 0 Å². The molecule has 0 atom stereocenters. The number of nitro groups is 1. The van der Waals surface area contributed by atoms with Gasteiger partial charge in [-0.05, 0) is 18.6 Å². The number of hydrogen-bond donors (Lipinski definition) is 1. The molecule has 0 unspecified atom stereocenters. The van der Waals surface area contributed by atoms with E-state index in [9.17, 15) is 10.1 Å². The van der Waals surface area contributed by atoms with Crippen molar-refractivity contribution in [3.63, 3.8) is 0 Å². The molecule has 0 saturated heterocycles. The van der Waals surface area contributed by atoms with E-state index in [4.69, 9.17) is 0 Å². The van der Waals surface area contributed by atoms with Crippen LogP contribution in [-0.4, -0.2) is 17.5 Å². The molecule has 0 spiro atoms. The Kier molecular flexibility index (Phi) is 5.52. The molecule has 1 rings (SSSR count). The molecule has 0 bridgehead atoms. The van der Waals surface area contributed by atoms with Gasteiger partial charge in [0.2, 0.25) is 0 Å². The third-order valence-corrected chi connectivity index (χ3v) is 2.68. The highest BCUT2D eigenvalue weighted by molar-refractivity contribution is 5.63. The molecule has 0 saturated carbocycles. The second kappa shape index (κ2) is 6.91. The van der Waals surface area contributed by atoms with Crippen molar-refractivity contribution < 1.29 is 4.92 Å². The van der Waals surface area contributed by atoms with Crippen LogP contribution >= 0.6 is 0 Å². The molecule has 0 amide bonds. The van der Waals surface area contributed by atoms with Gasteiger partial charge in [0.15, 0.2) is 0 Å². The Bertz CT molecular complexity index is 439. The van der Waals surface area contributed by atoms with Gasteiger partial charge < -0.3 is 5.32 Å². The number of hydrogen-bond acceptors (Lipinski definition) is 3. The average Bonchev–Trinajstić information content (AvgIpc) is 2.34. The van der Waals surface area contributed by atoms with Gasteiger partial charge in [-0.15, -0.1) is 0 Å².